The first kappa shape index (κ1) is 17.3. The highest BCUT2D eigenvalue weighted by atomic mass is 19.4. The molecule has 0 aromatic heterocycles. The molecule has 21 heavy (non-hydrogen) atoms. The molecule has 118 valence electrons. The maximum atomic E-state index is 12.6. The van der Waals surface area contributed by atoms with Crippen LogP contribution >= 0.6 is 0 Å². The zero-order chi connectivity index (χ0) is 16.5. The van der Waals surface area contributed by atoms with Gasteiger partial charge < -0.3 is 5.11 Å². The normalized spacial score (nSPS) is 15.6. The van der Waals surface area contributed by atoms with Crippen LogP contribution in [0.2, 0.25) is 0 Å². The summed E-state index contributed by atoms with van der Waals surface area (Å²) in [6.07, 6.45) is -9.42. The zero-order valence-corrected chi connectivity index (χ0v) is 10.6. The van der Waals surface area contributed by atoms with Crippen molar-refractivity contribution in [1.82, 2.24) is 5.32 Å². The summed E-state index contributed by atoms with van der Waals surface area (Å²) in [4.78, 5) is 11.2. The molecular weight excluding hydrogens is 304 g/mol. The largest absolute Gasteiger partial charge is 0.480 e. The molecule has 1 unspecified atom stereocenters. The van der Waals surface area contributed by atoms with Gasteiger partial charge in [0.1, 0.15) is 5.54 Å². The van der Waals surface area contributed by atoms with E-state index in [-0.39, 0.29) is 0 Å². The number of benzene rings is 1. The van der Waals surface area contributed by atoms with Crippen molar-refractivity contribution >= 4 is 5.97 Å². The molecule has 1 aromatic rings. The van der Waals surface area contributed by atoms with Crippen LogP contribution < -0.4 is 5.32 Å². The Balaban J connectivity index is 3.20. The van der Waals surface area contributed by atoms with Crippen LogP contribution in [0, 0.1) is 0 Å². The fourth-order valence-electron chi connectivity index (χ4n) is 1.58. The summed E-state index contributed by atoms with van der Waals surface area (Å²) in [5.74, 6) is -1.72. The van der Waals surface area contributed by atoms with Gasteiger partial charge in [0, 0.05) is 0 Å². The Kier molecular flexibility index (Phi) is 4.57. The highest BCUT2D eigenvalue weighted by molar-refractivity contribution is 5.80. The van der Waals surface area contributed by atoms with Crippen LogP contribution in [0.15, 0.2) is 24.3 Å². The van der Waals surface area contributed by atoms with E-state index in [1.165, 1.54) is 0 Å². The number of aliphatic carboxylic acids is 1. The van der Waals surface area contributed by atoms with Crippen molar-refractivity contribution in [3.63, 3.8) is 0 Å². The molecule has 0 aliphatic rings. The van der Waals surface area contributed by atoms with E-state index in [1.807, 2.05) is 0 Å². The molecule has 9 heteroatoms. The summed E-state index contributed by atoms with van der Waals surface area (Å²) < 4.78 is 74.3. The monoisotopic (exact) mass is 315 g/mol. The standard InChI is InChI=1S/C12H11F6NO2/c1-10(9(20)21,19-6-11(13,14)15)7-3-2-4-8(5-7)12(16,17)18/h2-5,19H,6H2,1H3,(H,20,21). The quantitative estimate of drug-likeness (QED) is 0.839. The van der Waals surface area contributed by atoms with Gasteiger partial charge in [-0.25, -0.2) is 4.79 Å². The van der Waals surface area contributed by atoms with Crippen LogP contribution in [0.3, 0.4) is 0 Å². The Hall–Kier alpha value is -1.77. The molecule has 1 atom stereocenters. The van der Waals surface area contributed by atoms with Gasteiger partial charge in [-0.1, -0.05) is 12.1 Å². The van der Waals surface area contributed by atoms with Gasteiger partial charge in [-0.3, -0.25) is 5.32 Å². The minimum atomic E-state index is -4.72. The first-order valence-corrected chi connectivity index (χ1v) is 5.59. The second-order valence-electron chi connectivity index (χ2n) is 4.48. The molecule has 0 aliphatic carbocycles. The Morgan fingerprint density at radius 1 is 1.14 bits per heavy atom. The lowest BCUT2D eigenvalue weighted by atomic mass is 9.90. The minimum absolute atomic E-state index is 0.422. The number of carbonyl (C=O) groups is 1. The minimum Gasteiger partial charge on any atom is -0.480 e. The molecule has 2 N–H and O–H groups in total. The number of nitrogens with one attached hydrogen (secondary N) is 1. The molecule has 1 aromatic carbocycles. The SMILES string of the molecule is CC(NCC(F)(F)F)(C(=O)O)c1cccc(C(F)(F)F)c1. The van der Waals surface area contributed by atoms with Gasteiger partial charge in [0.2, 0.25) is 0 Å². The topological polar surface area (TPSA) is 49.3 Å². The van der Waals surface area contributed by atoms with Crippen molar-refractivity contribution in [2.24, 2.45) is 0 Å². The second kappa shape index (κ2) is 5.55. The average Bonchev–Trinajstić information content (AvgIpc) is 2.34. The molecule has 0 fully saturated rings. The van der Waals surface area contributed by atoms with Crippen molar-refractivity contribution in [1.29, 1.82) is 0 Å². The molecule has 0 saturated carbocycles. The second-order valence-corrected chi connectivity index (χ2v) is 4.48. The highest BCUT2D eigenvalue weighted by Gasteiger charge is 2.40. The van der Waals surface area contributed by atoms with Crippen molar-refractivity contribution in [3.05, 3.63) is 35.4 Å². The third-order valence-corrected chi connectivity index (χ3v) is 2.84. The Morgan fingerprint density at radius 3 is 2.10 bits per heavy atom. The molecule has 0 amide bonds. The number of hydrogen-bond donors (Lipinski definition) is 2. The zero-order valence-electron chi connectivity index (χ0n) is 10.6. The molecule has 0 radical (unpaired) electrons. The summed E-state index contributed by atoms with van der Waals surface area (Å²) in [5.41, 5.74) is -3.85. The molecule has 3 nitrogen and oxygen atoms in total. The summed E-state index contributed by atoms with van der Waals surface area (Å²) in [5, 5.41) is 10.8. The van der Waals surface area contributed by atoms with E-state index < -0.39 is 41.5 Å². The third-order valence-electron chi connectivity index (χ3n) is 2.84. The van der Waals surface area contributed by atoms with Crippen molar-refractivity contribution < 1.29 is 36.2 Å². The third kappa shape index (κ3) is 4.35. The van der Waals surface area contributed by atoms with Crippen molar-refractivity contribution in [3.8, 4) is 0 Å². The highest BCUT2D eigenvalue weighted by Crippen LogP contribution is 2.32. The first-order chi connectivity index (χ1) is 9.36. The predicted molar refractivity (Wildman–Crippen MR) is 60.5 cm³/mol. The molecule has 0 saturated heterocycles. The lowest BCUT2D eigenvalue weighted by molar-refractivity contribution is -0.150. The van der Waals surface area contributed by atoms with E-state index in [9.17, 15) is 31.1 Å². The van der Waals surface area contributed by atoms with Gasteiger partial charge in [0.15, 0.2) is 0 Å². The molecule has 0 spiro atoms. The van der Waals surface area contributed by atoms with E-state index >= 15 is 0 Å². The number of alkyl halides is 6. The van der Waals surface area contributed by atoms with Crippen LogP contribution in [0.1, 0.15) is 18.1 Å². The Morgan fingerprint density at radius 2 is 1.67 bits per heavy atom. The molecule has 0 heterocycles. The maximum Gasteiger partial charge on any atom is 0.416 e. The summed E-state index contributed by atoms with van der Waals surface area (Å²) in [7, 11) is 0. The molecular formula is C12H11F6NO2. The van der Waals surface area contributed by atoms with Gasteiger partial charge in [-0.05, 0) is 24.6 Å². The van der Waals surface area contributed by atoms with E-state index in [2.05, 4.69) is 0 Å². The van der Waals surface area contributed by atoms with Crippen LogP contribution in [0.25, 0.3) is 0 Å². The van der Waals surface area contributed by atoms with Gasteiger partial charge in [0.05, 0.1) is 12.1 Å². The number of carboxylic acid groups (broad SMARTS) is 1. The Labute approximate surface area is 115 Å². The van der Waals surface area contributed by atoms with E-state index in [4.69, 9.17) is 5.11 Å². The van der Waals surface area contributed by atoms with Crippen molar-refractivity contribution in [2.45, 2.75) is 24.8 Å². The Bertz CT molecular complexity index is 525. The fourth-order valence-corrected chi connectivity index (χ4v) is 1.58. The molecule has 0 aliphatic heterocycles. The van der Waals surface area contributed by atoms with Gasteiger partial charge in [-0.2, -0.15) is 26.3 Å². The average molecular weight is 315 g/mol. The van der Waals surface area contributed by atoms with Crippen LogP contribution in [0.4, 0.5) is 26.3 Å². The first-order valence-electron chi connectivity index (χ1n) is 5.59. The fraction of sp³-hybridized carbons (Fsp3) is 0.417. The lowest BCUT2D eigenvalue weighted by Crippen LogP contribution is -2.50. The smallest absolute Gasteiger partial charge is 0.416 e. The number of carboxylic acids is 1. The van der Waals surface area contributed by atoms with Crippen molar-refractivity contribution in [2.75, 3.05) is 6.54 Å². The van der Waals surface area contributed by atoms with E-state index in [0.29, 0.717) is 12.1 Å². The van der Waals surface area contributed by atoms with E-state index in [0.717, 1.165) is 19.1 Å². The lowest BCUT2D eigenvalue weighted by Gasteiger charge is -2.28. The van der Waals surface area contributed by atoms with Gasteiger partial charge >= 0.3 is 18.3 Å². The van der Waals surface area contributed by atoms with Gasteiger partial charge in [0.25, 0.3) is 0 Å². The summed E-state index contributed by atoms with van der Waals surface area (Å²) in [6, 6.07) is 3.17. The number of halogens is 6. The van der Waals surface area contributed by atoms with Crippen LogP contribution in [-0.2, 0) is 16.5 Å². The summed E-state index contributed by atoms with van der Waals surface area (Å²) in [6.45, 7) is -0.775. The molecule has 0 bridgehead atoms. The molecule has 1 rings (SSSR count). The predicted octanol–water partition coefficient (Wildman–Crippen LogP) is 3.16. The van der Waals surface area contributed by atoms with Crippen LogP contribution in [-0.4, -0.2) is 23.8 Å². The van der Waals surface area contributed by atoms with E-state index in [1.54, 1.807) is 5.32 Å². The maximum absolute atomic E-state index is 12.6. The summed E-state index contributed by atoms with van der Waals surface area (Å²) >= 11 is 0. The number of hydrogen-bond acceptors (Lipinski definition) is 2. The van der Waals surface area contributed by atoms with Gasteiger partial charge in [-0.15, -0.1) is 0 Å². The van der Waals surface area contributed by atoms with Crippen LogP contribution in [0.5, 0.6) is 0 Å². The number of rotatable bonds is 4.